The van der Waals surface area contributed by atoms with E-state index in [1.807, 2.05) is 0 Å². The van der Waals surface area contributed by atoms with E-state index < -0.39 is 12.2 Å². The molecule has 3 heterocycles. The van der Waals surface area contributed by atoms with Crippen LogP contribution in [0.1, 0.15) is 19.3 Å². The zero-order valence-corrected chi connectivity index (χ0v) is 17.1. The van der Waals surface area contributed by atoms with Crippen molar-refractivity contribution in [1.82, 2.24) is 9.80 Å². The van der Waals surface area contributed by atoms with Crippen molar-refractivity contribution in [3.8, 4) is 0 Å². The lowest BCUT2D eigenvalue weighted by Crippen LogP contribution is -2.53. The highest BCUT2D eigenvalue weighted by Crippen LogP contribution is 2.24. The van der Waals surface area contributed by atoms with E-state index in [1.165, 1.54) is 5.69 Å². The Morgan fingerprint density at radius 3 is 2.45 bits per heavy atom. The molecule has 1 N–H and O–H groups in total. The molecule has 3 saturated heterocycles. The van der Waals surface area contributed by atoms with Crippen LogP contribution >= 0.6 is 0 Å². The molecule has 1 aromatic rings. The predicted molar refractivity (Wildman–Crippen MR) is 111 cm³/mol. The molecule has 3 aliphatic rings. The molecular weight excluding hydrogens is 370 g/mol. The van der Waals surface area contributed by atoms with Gasteiger partial charge in [0.05, 0.1) is 25.4 Å². The third-order valence-corrected chi connectivity index (χ3v) is 6.30. The Labute approximate surface area is 173 Å². The van der Waals surface area contributed by atoms with Crippen molar-refractivity contribution in [1.29, 1.82) is 0 Å². The van der Waals surface area contributed by atoms with Gasteiger partial charge in [0.1, 0.15) is 0 Å². The number of piperazine rings is 1. The van der Waals surface area contributed by atoms with E-state index in [0.29, 0.717) is 32.7 Å². The van der Waals surface area contributed by atoms with Crippen molar-refractivity contribution in [3.63, 3.8) is 0 Å². The standard InChI is InChI=1S/C22H33N3O4/c26-20-7-6-19(29-21(20)22(27)25-14-16-28-17-15-25)8-9-23-10-12-24(13-11-23)18-4-2-1-3-5-18/h1-5,19-21,26H,6-17H2/t19-,20-,21-/m0/s1. The Morgan fingerprint density at radius 1 is 1.00 bits per heavy atom. The summed E-state index contributed by atoms with van der Waals surface area (Å²) in [6.07, 6.45) is 0.981. The van der Waals surface area contributed by atoms with Gasteiger partial charge >= 0.3 is 0 Å². The number of ether oxygens (including phenoxy) is 2. The fraction of sp³-hybridized carbons (Fsp3) is 0.682. The summed E-state index contributed by atoms with van der Waals surface area (Å²) in [5.41, 5.74) is 1.29. The molecule has 0 spiro atoms. The summed E-state index contributed by atoms with van der Waals surface area (Å²) in [7, 11) is 0. The van der Waals surface area contributed by atoms with Crippen LogP contribution in [0, 0.1) is 0 Å². The number of carbonyl (C=O) groups excluding carboxylic acids is 1. The molecule has 4 rings (SSSR count). The smallest absolute Gasteiger partial charge is 0.254 e. The molecule has 3 atom stereocenters. The maximum atomic E-state index is 12.8. The van der Waals surface area contributed by atoms with Gasteiger partial charge in [-0.15, -0.1) is 0 Å². The Hall–Kier alpha value is -1.67. The minimum atomic E-state index is -0.721. The molecule has 7 nitrogen and oxygen atoms in total. The van der Waals surface area contributed by atoms with Crippen molar-refractivity contribution in [2.75, 3.05) is 63.9 Å². The van der Waals surface area contributed by atoms with E-state index in [9.17, 15) is 9.90 Å². The van der Waals surface area contributed by atoms with Crippen LogP contribution in [0.5, 0.6) is 0 Å². The van der Waals surface area contributed by atoms with E-state index in [-0.39, 0.29) is 12.0 Å². The second-order valence-corrected chi connectivity index (χ2v) is 8.21. The van der Waals surface area contributed by atoms with Crippen LogP contribution in [-0.4, -0.2) is 98.2 Å². The van der Waals surface area contributed by atoms with Gasteiger partial charge in [0.25, 0.3) is 5.91 Å². The number of rotatable bonds is 5. The number of amides is 1. The first kappa shape index (κ1) is 20.6. The quantitative estimate of drug-likeness (QED) is 0.790. The summed E-state index contributed by atoms with van der Waals surface area (Å²) >= 11 is 0. The topological polar surface area (TPSA) is 65.5 Å². The maximum Gasteiger partial charge on any atom is 0.254 e. The summed E-state index contributed by atoms with van der Waals surface area (Å²) in [4.78, 5) is 19.4. The highest BCUT2D eigenvalue weighted by molar-refractivity contribution is 5.81. The zero-order chi connectivity index (χ0) is 20.1. The number of hydrogen-bond donors (Lipinski definition) is 1. The average molecular weight is 404 g/mol. The molecule has 1 amide bonds. The Morgan fingerprint density at radius 2 is 1.72 bits per heavy atom. The molecular formula is C22H33N3O4. The molecule has 160 valence electrons. The van der Waals surface area contributed by atoms with Crippen LogP contribution in [0.15, 0.2) is 30.3 Å². The van der Waals surface area contributed by atoms with E-state index in [1.54, 1.807) is 4.90 Å². The molecule has 7 heteroatoms. The lowest BCUT2D eigenvalue weighted by atomic mass is 9.98. The van der Waals surface area contributed by atoms with Crippen LogP contribution < -0.4 is 4.90 Å². The monoisotopic (exact) mass is 403 g/mol. The zero-order valence-electron chi connectivity index (χ0n) is 17.1. The van der Waals surface area contributed by atoms with Crippen molar-refractivity contribution >= 4 is 11.6 Å². The molecule has 0 aromatic heterocycles. The van der Waals surface area contributed by atoms with Gasteiger partial charge in [-0.25, -0.2) is 0 Å². The van der Waals surface area contributed by atoms with Crippen molar-refractivity contribution in [2.24, 2.45) is 0 Å². The van der Waals surface area contributed by atoms with E-state index in [4.69, 9.17) is 9.47 Å². The normalized spacial score (nSPS) is 29.1. The van der Waals surface area contributed by atoms with Gasteiger partial charge in [-0.3, -0.25) is 9.69 Å². The minimum absolute atomic E-state index is 0.0422. The number of carbonyl (C=O) groups is 1. The number of benzene rings is 1. The van der Waals surface area contributed by atoms with E-state index >= 15 is 0 Å². The summed E-state index contributed by atoms with van der Waals surface area (Å²) < 4.78 is 11.4. The molecule has 3 fully saturated rings. The fourth-order valence-electron chi connectivity index (χ4n) is 4.47. The molecule has 0 unspecified atom stereocenters. The van der Waals surface area contributed by atoms with Crippen LogP contribution in [0.2, 0.25) is 0 Å². The van der Waals surface area contributed by atoms with Crippen LogP contribution in [-0.2, 0) is 14.3 Å². The predicted octanol–water partition coefficient (Wildman–Crippen LogP) is 0.966. The Balaban J connectivity index is 1.22. The number of morpholine rings is 1. The average Bonchev–Trinajstić information content (AvgIpc) is 2.79. The lowest BCUT2D eigenvalue weighted by molar-refractivity contribution is -0.171. The number of aliphatic hydroxyl groups excluding tert-OH is 1. The van der Waals surface area contributed by atoms with Crippen molar-refractivity contribution in [3.05, 3.63) is 30.3 Å². The highest BCUT2D eigenvalue weighted by Gasteiger charge is 2.38. The minimum Gasteiger partial charge on any atom is -0.390 e. The summed E-state index contributed by atoms with van der Waals surface area (Å²) in [5, 5.41) is 10.3. The number of anilines is 1. The number of hydrogen-bond acceptors (Lipinski definition) is 6. The number of para-hydroxylation sites is 1. The molecule has 29 heavy (non-hydrogen) atoms. The van der Waals surface area contributed by atoms with Crippen LogP contribution in [0.25, 0.3) is 0 Å². The van der Waals surface area contributed by atoms with Gasteiger partial charge in [0.15, 0.2) is 6.10 Å². The van der Waals surface area contributed by atoms with Gasteiger partial charge in [0.2, 0.25) is 0 Å². The SMILES string of the molecule is O=C([C@H]1O[C@H](CCN2CCN(c3ccccc3)CC2)CC[C@@H]1O)N1CCOCC1. The summed E-state index contributed by atoms with van der Waals surface area (Å²) in [6, 6.07) is 10.6. The van der Waals surface area contributed by atoms with Gasteiger partial charge in [0, 0.05) is 51.5 Å². The summed E-state index contributed by atoms with van der Waals surface area (Å²) in [5.74, 6) is -0.0815. The van der Waals surface area contributed by atoms with E-state index in [0.717, 1.165) is 45.6 Å². The first-order valence-electron chi connectivity index (χ1n) is 10.9. The molecule has 1 aromatic carbocycles. The molecule has 3 aliphatic heterocycles. The maximum absolute atomic E-state index is 12.8. The van der Waals surface area contributed by atoms with Gasteiger partial charge in [-0.05, 0) is 31.4 Å². The first-order chi connectivity index (χ1) is 14.2. The number of aliphatic hydroxyl groups is 1. The molecule has 0 bridgehead atoms. The molecule has 0 aliphatic carbocycles. The largest absolute Gasteiger partial charge is 0.390 e. The van der Waals surface area contributed by atoms with Gasteiger partial charge < -0.3 is 24.4 Å². The van der Waals surface area contributed by atoms with Gasteiger partial charge in [-0.2, -0.15) is 0 Å². The lowest BCUT2D eigenvalue weighted by Gasteiger charge is -2.39. The Bertz CT molecular complexity index is 645. The second-order valence-electron chi connectivity index (χ2n) is 8.21. The fourth-order valence-corrected chi connectivity index (χ4v) is 4.47. The summed E-state index contributed by atoms with van der Waals surface area (Å²) in [6.45, 7) is 7.42. The molecule has 0 radical (unpaired) electrons. The third-order valence-electron chi connectivity index (χ3n) is 6.30. The second kappa shape index (κ2) is 9.89. The van der Waals surface area contributed by atoms with Crippen LogP contribution in [0.3, 0.4) is 0 Å². The third kappa shape index (κ3) is 5.28. The molecule has 0 saturated carbocycles. The van der Waals surface area contributed by atoms with Crippen molar-refractivity contribution < 1.29 is 19.4 Å². The number of nitrogens with zero attached hydrogens (tertiary/aromatic N) is 3. The Kier molecular flexibility index (Phi) is 7.02. The van der Waals surface area contributed by atoms with Crippen molar-refractivity contribution in [2.45, 2.75) is 37.6 Å². The van der Waals surface area contributed by atoms with Gasteiger partial charge in [-0.1, -0.05) is 18.2 Å². The van der Waals surface area contributed by atoms with Crippen LogP contribution in [0.4, 0.5) is 5.69 Å². The highest BCUT2D eigenvalue weighted by atomic mass is 16.5. The van der Waals surface area contributed by atoms with E-state index in [2.05, 4.69) is 40.1 Å². The first-order valence-corrected chi connectivity index (χ1v) is 10.9.